The van der Waals surface area contributed by atoms with E-state index in [-0.39, 0.29) is 12.3 Å². The molecule has 2 N–H and O–H groups in total. The molecule has 4 heteroatoms. The number of ether oxygens (including phenoxy) is 3. The third-order valence-corrected chi connectivity index (χ3v) is 1.82. The van der Waals surface area contributed by atoms with Crippen molar-refractivity contribution < 1.29 is 14.2 Å². The largest absolute Gasteiger partial charge is 0.375 e. The van der Waals surface area contributed by atoms with Crippen molar-refractivity contribution in [2.75, 3.05) is 26.4 Å². The average Bonchev–Trinajstić information content (AvgIpc) is 2.18. The molecule has 0 aromatic carbocycles. The maximum Gasteiger partial charge on any atom is 0.180 e. The summed E-state index contributed by atoms with van der Waals surface area (Å²) in [7, 11) is 0. The van der Waals surface area contributed by atoms with Gasteiger partial charge in [-0.3, -0.25) is 0 Å². The molecule has 0 rings (SSSR count). The van der Waals surface area contributed by atoms with E-state index in [0.29, 0.717) is 26.4 Å². The summed E-state index contributed by atoms with van der Waals surface area (Å²) < 4.78 is 16.0. The first-order valence-electron chi connectivity index (χ1n) is 5.31. The van der Waals surface area contributed by atoms with Crippen LogP contribution in [0.2, 0.25) is 0 Å². The van der Waals surface area contributed by atoms with E-state index in [2.05, 4.69) is 0 Å². The van der Waals surface area contributed by atoms with Gasteiger partial charge in [0.05, 0.1) is 13.2 Å². The molecule has 4 nitrogen and oxygen atoms in total. The van der Waals surface area contributed by atoms with Crippen LogP contribution in [-0.2, 0) is 14.2 Å². The lowest BCUT2D eigenvalue weighted by atomic mass is 10.3. The molecule has 0 aliphatic heterocycles. The van der Waals surface area contributed by atoms with E-state index < -0.39 is 0 Å². The fourth-order valence-electron chi connectivity index (χ4n) is 0.950. The van der Waals surface area contributed by atoms with Crippen LogP contribution in [0.15, 0.2) is 0 Å². The lowest BCUT2D eigenvalue weighted by Gasteiger charge is -2.18. The third kappa shape index (κ3) is 7.26. The molecule has 0 aliphatic carbocycles. The maximum absolute atomic E-state index is 5.70. The van der Waals surface area contributed by atoms with Crippen LogP contribution in [0.25, 0.3) is 0 Å². The van der Waals surface area contributed by atoms with E-state index in [1.54, 1.807) is 0 Å². The Hall–Kier alpha value is -0.160. The number of hydrogen-bond acceptors (Lipinski definition) is 4. The smallest absolute Gasteiger partial charge is 0.180 e. The molecular weight excluding hydrogens is 182 g/mol. The van der Waals surface area contributed by atoms with Crippen molar-refractivity contribution in [1.82, 2.24) is 0 Å². The van der Waals surface area contributed by atoms with Gasteiger partial charge in [0.1, 0.15) is 0 Å². The van der Waals surface area contributed by atoms with Crippen LogP contribution in [0.5, 0.6) is 0 Å². The van der Waals surface area contributed by atoms with Gasteiger partial charge in [0.2, 0.25) is 0 Å². The van der Waals surface area contributed by atoms with Gasteiger partial charge in [-0.1, -0.05) is 6.92 Å². The monoisotopic (exact) mass is 205 g/mol. The van der Waals surface area contributed by atoms with Gasteiger partial charge in [-0.2, -0.15) is 0 Å². The fraction of sp³-hybridized carbons (Fsp3) is 1.00. The Kier molecular flexibility index (Phi) is 9.29. The van der Waals surface area contributed by atoms with Crippen LogP contribution < -0.4 is 5.73 Å². The molecule has 0 aliphatic rings. The molecule has 1 atom stereocenters. The van der Waals surface area contributed by atoms with Gasteiger partial charge in [0.15, 0.2) is 6.29 Å². The molecular formula is C10H23NO3. The topological polar surface area (TPSA) is 53.7 Å². The number of rotatable bonds is 9. The molecule has 14 heavy (non-hydrogen) atoms. The summed E-state index contributed by atoms with van der Waals surface area (Å²) in [5.74, 6) is 0. The fourth-order valence-corrected chi connectivity index (χ4v) is 0.950. The minimum absolute atomic E-state index is 0.110. The SMILES string of the molecule is CCOC(COCC(N)CC)OCC. The highest BCUT2D eigenvalue weighted by atomic mass is 16.7. The predicted molar refractivity (Wildman–Crippen MR) is 56.1 cm³/mol. The summed E-state index contributed by atoms with van der Waals surface area (Å²) in [6.45, 7) is 8.19. The van der Waals surface area contributed by atoms with Crippen LogP contribution in [0.1, 0.15) is 27.2 Å². The molecule has 0 aromatic rings. The van der Waals surface area contributed by atoms with Gasteiger partial charge < -0.3 is 19.9 Å². The first-order chi connectivity index (χ1) is 6.74. The van der Waals surface area contributed by atoms with Gasteiger partial charge in [0.25, 0.3) is 0 Å². The molecule has 0 bridgehead atoms. The summed E-state index contributed by atoms with van der Waals surface area (Å²) in [4.78, 5) is 0. The lowest BCUT2D eigenvalue weighted by Crippen LogP contribution is -2.29. The van der Waals surface area contributed by atoms with E-state index in [0.717, 1.165) is 6.42 Å². The van der Waals surface area contributed by atoms with Gasteiger partial charge in [-0.25, -0.2) is 0 Å². The van der Waals surface area contributed by atoms with Crippen LogP contribution >= 0.6 is 0 Å². The normalized spacial score (nSPS) is 13.5. The van der Waals surface area contributed by atoms with Gasteiger partial charge >= 0.3 is 0 Å². The van der Waals surface area contributed by atoms with Crippen molar-refractivity contribution >= 4 is 0 Å². The highest BCUT2D eigenvalue weighted by Crippen LogP contribution is 1.97. The second-order valence-electron chi connectivity index (χ2n) is 3.05. The minimum atomic E-state index is -0.256. The zero-order chi connectivity index (χ0) is 10.8. The zero-order valence-electron chi connectivity index (χ0n) is 9.49. The van der Waals surface area contributed by atoms with Crippen molar-refractivity contribution in [3.05, 3.63) is 0 Å². The highest BCUT2D eigenvalue weighted by Gasteiger charge is 2.08. The predicted octanol–water partition coefficient (Wildman–Crippen LogP) is 1.14. The molecule has 0 saturated heterocycles. The minimum Gasteiger partial charge on any atom is -0.375 e. The van der Waals surface area contributed by atoms with Crippen LogP contribution in [0.3, 0.4) is 0 Å². The van der Waals surface area contributed by atoms with Crippen LogP contribution in [-0.4, -0.2) is 38.8 Å². The third-order valence-electron chi connectivity index (χ3n) is 1.82. The Labute approximate surface area is 86.7 Å². The standard InChI is InChI=1S/C10H23NO3/c1-4-9(11)7-12-8-10(13-5-2)14-6-3/h9-10H,4-8,11H2,1-3H3. The molecule has 0 saturated carbocycles. The van der Waals surface area contributed by atoms with Crippen LogP contribution in [0, 0.1) is 0 Å². The van der Waals surface area contributed by atoms with E-state index in [4.69, 9.17) is 19.9 Å². The second-order valence-corrected chi connectivity index (χ2v) is 3.05. The summed E-state index contributed by atoms with van der Waals surface area (Å²) in [6, 6.07) is 0.110. The van der Waals surface area contributed by atoms with Crippen molar-refractivity contribution in [2.24, 2.45) is 5.73 Å². The van der Waals surface area contributed by atoms with Gasteiger partial charge in [0, 0.05) is 19.3 Å². The molecule has 0 aromatic heterocycles. The van der Waals surface area contributed by atoms with E-state index >= 15 is 0 Å². The Morgan fingerprint density at radius 1 is 1.00 bits per heavy atom. The van der Waals surface area contributed by atoms with Gasteiger partial charge in [-0.05, 0) is 20.3 Å². The quantitative estimate of drug-likeness (QED) is 0.573. The molecule has 0 heterocycles. The molecule has 86 valence electrons. The van der Waals surface area contributed by atoms with E-state index in [9.17, 15) is 0 Å². The Balaban J connectivity index is 3.49. The second kappa shape index (κ2) is 9.40. The average molecular weight is 205 g/mol. The van der Waals surface area contributed by atoms with Gasteiger partial charge in [-0.15, -0.1) is 0 Å². The van der Waals surface area contributed by atoms with Crippen molar-refractivity contribution in [3.63, 3.8) is 0 Å². The molecule has 0 amide bonds. The Bertz CT molecular complexity index is 116. The van der Waals surface area contributed by atoms with E-state index in [1.165, 1.54) is 0 Å². The summed E-state index contributed by atoms with van der Waals surface area (Å²) in [5.41, 5.74) is 5.70. The van der Waals surface area contributed by atoms with Crippen molar-refractivity contribution in [1.29, 1.82) is 0 Å². The maximum atomic E-state index is 5.70. The summed E-state index contributed by atoms with van der Waals surface area (Å²) in [6.07, 6.45) is 0.669. The zero-order valence-corrected chi connectivity index (χ0v) is 9.49. The highest BCUT2D eigenvalue weighted by molar-refractivity contribution is 4.55. The first-order valence-corrected chi connectivity index (χ1v) is 5.31. The van der Waals surface area contributed by atoms with E-state index in [1.807, 2.05) is 20.8 Å². The first kappa shape index (κ1) is 13.8. The van der Waals surface area contributed by atoms with Crippen LogP contribution in [0.4, 0.5) is 0 Å². The summed E-state index contributed by atoms with van der Waals surface area (Å²) in [5, 5.41) is 0. The Morgan fingerprint density at radius 3 is 2.00 bits per heavy atom. The molecule has 0 radical (unpaired) electrons. The Morgan fingerprint density at radius 2 is 1.57 bits per heavy atom. The van der Waals surface area contributed by atoms with Crippen molar-refractivity contribution in [2.45, 2.75) is 39.5 Å². The molecule has 1 unspecified atom stereocenters. The molecule has 0 fully saturated rings. The molecule has 0 spiro atoms. The number of nitrogens with two attached hydrogens (primary N) is 1. The lowest BCUT2D eigenvalue weighted by molar-refractivity contribution is -0.167. The summed E-state index contributed by atoms with van der Waals surface area (Å²) >= 11 is 0. The van der Waals surface area contributed by atoms with Crippen molar-refractivity contribution in [3.8, 4) is 0 Å². The number of hydrogen-bond donors (Lipinski definition) is 1.